The summed E-state index contributed by atoms with van der Waals surface area (Å²) in [5, 5.41) is 22.8. The minimum atomic E-state index is -1.15. The largest absolute Gasteiger partial charge is 0.507 e. The van der Waals surface area contributed by atoms with Crippen LogP contribution >= 0.6 is 0 Å². The highest BCUT2D eigenvalue weighted by Crippen LogP contribution is 2.45. The van der Waals surface area contributed by atoms with Crippen LogP contribution in [0.25, 0.3) is 5.76 Å². The summed E-state index contributed by atoms with van der Waals surface area (Å²) in [6, 6.07) is 20.1. The number of nitro groups is 1. The van der Waals surface area contributed by atoms with Gasteiger partial charge in [-0.1, -0.05) is 60.7 Å². The van der Waals surface area contributed by atoms with Gasteiger partial charge in [0.2, 0.25) is 0 Å². The Hall–Kier alpha value is -4.26. The molecule has 1 amide bonds. The first-order valence-corrected chi connectivity index (χ1v) is 9.57. The van der Waals surface area contributed by atoms with Crippen molar-refractivity contribution in [2.45, 2.75) is 13.0 Å². The number of nitro benzene ring substituents is 1. The molecule has 0 bridgehead atoms. The number of carbonyl (C=O) groups excluding carboxylic acids is 2. The summed E-state index contributed by atoms with van der Waals surface area (Å²) in [6.07, 6.45) is 0. The van der Waals surface area contributed by atoms with E-state index in [1.807, 2.05) is 0 Å². The number of amides is 1. The quantitative estimate of drug-likeness (QED) is 0.222. The van der Waals surface area contributed by atoms with Crippen LogP contribution in [0.1, 0.15) is 22.7 Å². The van der Waals surface area contributed by atoms with Crippen LogP contribution in [0, 0.1) is 17.0 Å². The Morgan fingerprint density at radius 1 is 0.935 bits per heavy atom. The van der Waals surface area contributed by atoms with Gasteiger partial charge in [-0.05, 0) is 24.6 Å². The zero-order valence-electron chi connectivity index (χ0n) is 16.6. The number of para-hydroxylation sites is 2. The van der Waals surface area contributed by atoms with Gasteiger partial charge in [-0.25, -0.2) is 0 Å². The van der Waals surface area contributed by atoms with E-state index in [4.69, 9.17) is 0 Å². The zero-order valence-corrected chi connectivity index (χ0v) is 16.6. The van der Waals surface area contributed by atoms with E-state index >= 15 is 0 Å². The van der Waals surface area contributed by atoms with Crippen LogP contribution in [0.5, 0.6) is 0 Å². The molecule has 1 fully saturated rings. The van der Waals surface area contributed by atoms with E-state index < -0.39 is 22.7 Å². The number of hydrogen-bond donors (Lipinski definition) is 1. The molecule has 7 heteroatoms. The lowest BCUT2D eigenvalue weighted by atomic mass is 9.94. The van der Waals surface area contributed by atoms with Gasteiger partial charge in [0.25, 0.3) is 17.4 Å². The molecule has 3 aromatic carbocycles. The number of hydrogen-bond acceptors (Lipinski definition) is 5. The molecule has 1 atom stereocenters. The van der Waals surface area contributed by atoms with Gasteiger partial charge >= 0.3 is 0 Å². The second kappa shape index (κ2) is 7.87. The smallest absolute Gasteiger partial charge is 0.300 e. The van der Waals surface area contributed by atoms with Crippen molar-refractivity contribution >= 4 is 28.8 Å². The topological polar surface area (TPSA) is 101 Å². The highest BCUT2D eigenvalue weighted by molar-refractivity contribution is 6.51. The Bertz CT molecular complexity index is 1230. The van der Waals surface area contributed by atoms with Crippen molar-refractivity contribution in [1.82, 2.24) is 0 Å². The molecule has 0 aromatic heterocycles. The molecule has 1 heterocycles. The normalized spacial score (nSPS) is 17.7. The Morgan fingerprint density at radius 2 is 1.55 bits per heavy atom. The van der Waals surface area contributed by atoms with Crippen LogP contribution in [0.15, 0.2) is 84.4 Å². The molecule has 3 aromatic rings. The van der Waals surface area contributed by atoms with E-state index in [0.29, 0.717) is 16.8 Å². The number of anilines is 1. The number of ketones is 1. The van der Waals surface area contributed by atoms with Gasteiger partial charge < -0.3 is 5.11 Å². The number of carbonyl (C=O) groups is 2. The highest BCUT2D eigenvalue weighted by atomic mass is 16.6. The molecule has 1 saturated heterocycles. The van der Waals surface area contributed by atoms with E-state index in [0.717, 1.165) is 0 Å². The Balaban J connectivity index is 2.04. The number of nitrogens with zero attached hydrogens (tertiary/aromatic N) is 2. The van der Waals surface area contributed by atoms with Crippen molar-refractivity contribution in [3.63, 3.8) is 0 Å². The average Bonchev–Trinajstić information content (AvgIpc) is 3.04. The third kappa shape index (κ3) is 3.36. The van der Waals surface area contributed by atoms with Crippen molar-refractivity contribution in [3.8, 4) is 0 Å². The molecule has 31 heavy (non-hydrogen) atoms. The molecule has 0 unspecified atom stereocenters. The Morgan fingerprint density at radius 3 is 2.23 bits per heavy atom. The summed E-state index contributed by atoms with van der Waals surface area (Å²) < 4.78 is 0. The van der Waals surface area contributed by atoms with Crippen LogP contribution < -0.4 is 4.90 Å². The number of aryl methyl sites for hydroxylation is 1. The molecular weight excluding hydrogens is 396 g/mol. The number of aliphatic hydroxyl groups is 1. The fraction of sp³-hybridized carbons (Fsp3) is 0.0833. The second-order valence-electron chi connectivity index (χ2n) is 7.14. The maximum atomic E-state index is 13.1. The first kappa shape index (κ1) is 20.0. The van der Waals surface area contributed by atoms with Gasteiger partial charge in [0.1, 0.15) is 11.8 Å². The first-order chi connectivity index (χ1) is 14.9. The van der Waals surface area contributed by atoms with E-state index in [2.05, 4.69) is 0 Å². The molecule has 154 valence electrons. The molecule has 1 N–H and O–H groups in total. The number of benzene rings is 3. The fourth-order valence-corrected chi connectivity index (χ4v) is 3.85. The molecule has 1 aliphatic heterocycles. The van der Waals surface area contributed by atoms with Crippen molar-refractivity contribution in [3.05, 3.63) is 111 Å². The van der Waals surface area contributed by atoms with Gasteiger partial charge in [-0.3, -0.25) is 24.6 Å². The van der Waals surface area contributed by atoms with Crippen molar-refractivity contribution in [2.24, 2.45) is 0 Å². The molecular formula is C24H18N2O5. The van der Waals surface area contributed by atoms with Crippen LogP contribution in [0.4, 0.5) is 11.4 Å². The van der Waals surface area contributed by atoms with Gasteiger partial charge in [-0.15, -0.1) is 0 Å². The molecule has 0 aliphatic carbocycles. The van der Waals surface area contributed by atoms with Crippen molar-refractivity contribution in [1.29, 1.82) is 0 Å². The van der Waals surface area contributed by atoms with Gasteiger partial charge in [0, 0.05) is 17.3 Å². The van der Waals surface area contributed by atoms with Crippen LogP contribution in [0.2, 0.25) is 0 Å². The lowest BCUT2D eigenvalue weighted by molar-refractivity contribution is -0.385. The molecule has 0 saturated carbocycles. The summed E-state index contributed by atoms with van der Waals surface area (Å²) in [7, 11) is 0. The molecule has 1 aliphatic rings. The first-order valence-electron chi connectivity index (χ1n) is 9.57. The van der Waals surface area contributed by atoms with E-state index in [9.17, 15) is 24.8 Å². The van der Waals surface area contributed by atoms with E-state index in [1.54, 1.807) is 67.6 Å². The Labute approximate surface area is 178 Å². The highest BCUT2D eigenvalue weighted by Gasteiger charge is 2.49. The predicted octanol–water partition coefficient (Wildman–Crippen LogP) is 4.53. The van der Waals surface area contributed by atoms with E-state index in [-0.39, 0.29) is 22.6 Å². The van der Waals surface area contributed by atoms with Crippen LogP contribution in [-0.2, 0) is 9.59 Å². The summed E-state index contributed by atoms with van der Waals surface area (Å²) in [5.74, 6) is -2.12. The summed E-state index contributed by atoms with van der Waals surface area (Å²) >= 11 is 0. The number of rotatable bonds is 4. The van der Waals surface area contributed by atoms with Crippen molar-refractivity contribution in [2.75, 3.05) is 4.90 Å². The third-order valence-corrected chi connectivity index (χ3v) is 5.29. The van der Waals surface area contributed by atoms with Gasteiger partial charge in [0.05, 0.1) is 16.1 Å². The summed E-state index contributed by atoms with van der Waals surface area (Å²) in [4.78, 5) is 38.6. The van der Waals surface area contributed by atoms with Gasteiger partial charge in [0.15, 0.2) is 0 Å². The maximum Gasteiger partial charge on any atom is 0.300 e. The zero-order chi connectivity index (χ0) is 22.1. The lowest BCUT2D eigenvalue weighted by Crippen LogP contribution is -2.30. The van der Waals surface area contributed by atoms with Crippen LogP contribution in [0.3, 0.4) is 0 Å². The SMILES string of the molecule is Cc1ccccc1N1C(=O)C(=O)C(=C(O)c2ccccc2)[C@@H]1c1ccccc1[N+](=O)[O-]. The molecule has 0 spiro atoms. The molecule has 0 radical (unpaired) electrons. The average molecular weight is 414 g/mol. The number of Topliss-reactive ketones (excluding diaryl/α,β-unsaturated/α-hetero) is 1. The number of aliphatic hydroxyl groups excluding tert-OH is 1. The predicted molar refractivity (Wildman–Crippen MR) is 116 cm³/mol. The lowest BCUT2D eigenvalue weighted by Gasteiger charge is -2.26. The Kier molecular flexibility index (Phi) is 5.09. The standard InChI is InChI=1S/C24H18N2O5/c1-15-9-5-7-13-18(15)25-21(17-12-6-8-14-19(17)26(30)31)20(23(28)24(25)29)22(27)16-10-3-2-4-11-16/h2-14,21,27H,1H3/t21-/m0/s1. The minimum absolute atomic E-state index is 0.146. The third-order valence-electron chi connectivity index (χ3n) is 5.29. The van der Waals surface area contributed by atoms with Crippen LogP contribution in [-0.4, -0.2) is 21.7 Å². The minimum Gasteiger partial charge on any atom is -0.507 e. The second-order valence-corrected chi connectivity index (χ2v) is 7.14. The monoisotopic (exact) mass is 414 g/mol. The summed E-state index contributed by atoms with van der Waals surface area (Å²) in [6.45, 7) is 1.78. The fourth-order valence-electron chi connectivity index (χ4n) is 3.85. The van der Waals surface area contributed by atoms with Crippen molar-refractivity contribution < 1.29 is 19.6 Å². The summed E-state index contributed by atoms with van der Waals surface area (Å²) in [5.41, 5.74) is 1.22. The maximum absolute atomic E-state index is 13.1. The van der Waals surface area contributed by atoms with Gasteiger partial charge in [-0.2, -0.15) is 0 Å². The molecule has 4 rings (SSSR count). The van der Waals surface area contributed by atoms with E-state index in [1.165, 1.54) is 23.1 Å². The molecule has 7 nitrogen and oxygen atoms in total.